The third kappa shape index (κ3) is 3.67. The van der Waals surface area contributed by atoms with Crippen molar-refractivity contribution in [2.45, 2.75) is 11.8 Å². The van der Waals surface area contributed by atoms with Crippen LogP contribution < -0.4 is 4.90 Å². The lowest BCUT2D eigenvalue weighted by molar-refractivity contribution is 0.0697. The predicted molar refractivity (Wildman–Crippen MR) is 95.6 cm³/mol. The Balaban J connectivity index is 1.69. The van der Waals surface area contributed by atoms with Gasteiger partial charge in [0.25, 0.3) is 0 Å². The lowest BCUT2D eigenvalue weighted by Gasteiger charge is -2.35. The minimum Gasteiger partial charge on any atom is -0.478 e. The van der Waals surface area contributed by atoms with Crippen molar-refractivity contribution in [3.63, 3.8) is 0 Å². The van der Waals surface area contributed by atoms with Gasteiger partial charge in [0.05, 0.1) is 10.5 Å². The summed E-state index contributed by atoms with van der Waals surface area (Å²) in [5.41, 5.74) is 2.16. The molecule has 7 heteroatoms. The van der Waals surface area contributed by atoms with Crippen molar-refractivity contribution < 1.29 is 18.3 Å². The average molecular weight is 360 g/mol. The Labute approximate surface area is 147 Å². The zero-order valence-corrected chi connectivity index (χ0v) is 14.7. The summed E-state index contributed by atoms with van der Waals surface area (Å²) >= 11 is 0. The van der Waals surface area contributed by atoms with Crippen molar-refractivity contribution >= 4 is 21.7 Å². The standard InChI is InChI=1S/C18H20N2O4S/c1-14-2-8-17(9-3-14)25(23,24)20-12-10-19(11-13-20)16-6-4-15(5-7-16)18(21)22/h2-9H,10-13H2,1H3,(H,21,22). The number of carboxylic acid groups (broad SMARTS) is 1. The van der Waals surface area contributed by atoms with Gasteiger partial charge in [0, 0.05) is 31.9 Å². The summed E-state index contributed by atoms with van der Waals surface area (Å²) in [4.78, 5) is 13.3. The first-order chi connectivity index (χ1) is 11.9. The Morgan fingerprint density at radius 1 is 0.920 bits per heavy atom. The molecule has 6 nitrogen and oxygen atoms in total. The van der Waals surface area contributed by atoms with Crippen molar-refractivity contribution in [2.75, 3.05) is 31.1 Å². The molecule has 132 valence electrons. The maximum atomic E-state index is 12.7. The van der Waals surface area contributed by atoms with E-state index in [4.69, 9.17) is 5.11 Å². The number of piperazine rings is 1. The second-order valence-corrected chi connectivity index (χ2v) is 7.99. The molecular weight excluding hydrogens is 340 g/mol. The van der Waals surface area contributed by atoms with Crippen molar-refractivity contribution in [3.8, 4) is 0 Å². The number of carbonyl (C=O) groups is 1. The van der Waals surface area contributed by atoms with Gasteiger partial charge in [0.1, 0.15) is 0 Å². The summed E-state index contributed by atoms with van der Waals surface area (Å²) in [5.74, 6) is -0.958. The van der Waals surface area contributed by atoms with E-state index in [-0.39, 0.29) is 5.56 Å². The summed E-state index contributed by atoms with van der Waals surface area (Å²) in [7, 11) is -3.47. The van der Waals surface area contributed by atoms with Gasteiger partial charge in [-0.15, -0.1) is 0 Å². The SMILES string of the molecule is Cc1ccc(S(=O)(=O)N2CCN(c3ccc(C(=O)O)cc3)CC2)cc1. The van der Waals surface area contributed by atoms with Gasteiger partial charge in [-0.25, -0.2) is 13.2 Å². The summed E-state index contributed by atoms with van der Waals surface area (Å²) < 4.78 is 26.9. The molecule has 25 heavy (non-hydrogen) atoms. The maximum Gasteiger partial charge on any atom is 0.335 e. The number of hydrogen-bond acceptors (Lipinski definition) is 4. The normalized spacial score (nSPS) is 16.0. The number of carboxylic acids is 1. The number of aromatic carboxylic acids is 1. The molecule has 3 rings (SSSR count). The summed E-state index contributed by atoms with van der Waals surface area (Å²) in [6.07, 6.45) is 0. The summed E-state index contributed by atoms with van der Waals surface area (Å²) in [5, 5.41) is 8.95. The highest BCUT2D eigenvalue weighted by molar-refractivity contribution is 7.89. The van der Waals surface area contributed by atoms with Crippen molar-refractivity contribution in [1.29, 1.82) is 0 Å². The predicted octanol–water partition coefficient (Wildman–Crippen LogP) is 2.20. The van der Waals surface area contributed by atoms with Gasteiger partial charge in [0.2, 0.25) is 10.0 Å². The van der Waals surface area contributed by atoms with Crippen LogP contribution in [0.2, 0.25) is 0 Å². The lowest BCUT2D eigenvalue weighted by Crippen LogP contribution is -2.48. The highest BCUT2D eigenvalue weighted by atomic mass is 32.2. The van der Waals surface area contributed by atoms with Gasteiger partial charge in [-0.3, -0.25) is 0 Å². The first kappa shape index (κ1) is 17.4. The van der Waals surface area contributed by atoms with Crippen molar-refractivity contribution in [1.82, 2.24) is 4.31 Å². The average Bonchev–Trinajstić information content (AvgIpc) is 2.62. The summed E-state index contributed by atoms with van der Waals surface area (Å²) in [6.45, 7) is 3.85. The van der Waals surface area contributed by atoms with E-state index >= 15 is 0 Å². The van der Waals surface area contributed by atoms with Crippen LogP contribution in [0.15, 0.2) is 53.4 Å². The molecule has 1 fully saturated rings. The van der Waals surface area contributed by atoms with E-state index in [1.165, 1.54) is 4.31 Å². The number of sulfonamides is 1. The zero-order valence-electron chi connectivity index (χ0n) is 13.9. The van der Waals surface area contributed by atoms with Crippen LogP contribution in [0.3, 0.4) is 0 Å². The van der Waals surface area contributed by atoms with E-state index in [9.17, 15) is 13.2 Å². The molecule has 1 aliphatic rings. The molecule has 0 aliphatic carbocycles. The Hall–Kier alpha value is -2.38. The van der Waals surface area contributed by atoms with E-state index in [1.54, 1.807) is 48.5 Å². The maximum absolute atomic E-state index is 12.7. The number of benzene rings is 2. The fraction of sp³-hybridized carbons (Fsp3) is 0.278. The number of hydrogen-bond donors (Lipinski definition) is 1. The highest BCUT2D eigenvalue weighted by Crippen LogP contribution is 2.22. The van der Waals surface area contributed by atoms with Gasteiger partial charge in [-0.2, -0.15) is 4.31 Å². The fourth-order valence-electron chi connectivity index (χ4n) is 2.86. The fourth-order valence-corrected chi connectivity index (χ4v) is 4.28. The smallest absolute Gasteiger partial charge is 0.335 e. The minimum atomic E-state index is -3.47. The Morgan fingerprint density at radius 3 is 2.00 bits per heavy atom. The largest absolute Gasteiger partial charge is 0.478 e. The third-order valence-electron chi connectivity index (χ3n) is 4.38. The van der Waals surface area contributed by atoms with Crippen LogP contribution in [0.4, 0.5) is 5.69 Å². The van der Waals surface area contributed by atoms with Crippen LogP contribution in [0, 0.1) is 6.92 Å². The molecule has 0 bridgehead atoms. The highest BCUT2D eigenvalue weighted by Gasteiger charge is 2.28. The molecule has 1 N–H and O–H groups in total. The van der Waals surface area contributed by atoms with E-state index < -0.39 is 16.0 Å². The molecule has 0 spiro atoms. The Morgan fingerprint density at radius 2 is 1.48 bits per heavy atom. The second kappa shape index (κ2) is 6.85. The molecule has 0 amide bonds. The lowest BCUT2D eigenvalue weighted by atomic mass is 10.2. The Kier molecular flexibility index (Phi) is 4.78. The molecule has 2 aromatic carbocycles. The van der Waals surface area contributed by atoms with Gasteiger partial charge in [-0.1, -0.05) is 17.7 Å². The zero-order chi connectivity index (χ0) is 18.0. The van der Waals surface area contributed by atoms with Crippen LogP contribution >= 0.6 is 0 Å². The number of anilines is 1. The topological polar surface area (TPSA) is 77.9 Å². The minimum absolute atomic E-state index is 0.240. The van der Waals surface area contributed by atoms with Crippen LogP contribution in [-0.2, 0) is 10.0 Å². The molecular formula is C18H20N2O4S. The van der Waals surface area contributed by atoms with Crippen LogP contribution in [0.25, 0.3) is 0 Å². The first-order valence-electron chi connectivity index (χ1n) is 8.03. The first-order valence-corrected chi connectivity index (χ1v) is 9.47. The van der Waals surface area contributed by atoms with Crippen molar-refractivity contribution in [3.05, 3.63) is 59.7 Å². The molecule has 0 aromatic heterocycles. The van der Waals surface area contributed by atoms with E-state index in [2.05, 4.69) is 4.90 Å². The molecule has 0 atom stereocenters. The van der Waals surface area contributed by atoms with Crippen molar-refractivity contribution in [2.24, 2.45) is 0 Å². The summed E-state index contributed by atoms with van der Waals surface area (Å²) in [6, 6.07) is 13.5. The van der Waals surface area contributed by atoms with Gasteiger partial charge < -0.3 is 10.0 Å². The van der Waals surface area contributed by atoms with Gasteiger partial charge >= 0.3 is 5.97 Å². The van der Waals surface area contributed by atoms with Crippen LogP contribution in [-0.4, -0.2) is 50.0 Å². The Bertz CT molecular complexity index is 853. The molecule has 0 radical (unpaired) electrons. The number of nitrogens with zero attached hydrogens (tertiary/aromatic N) is 2. The monoisotopic (exact) mass is 360 g/mol. The molecule has 2 aromatic rings. The third-order valence-corrected chi connectivity index (χ3v) is 6.29. The van der Waals surface area contributed by atoms with Crippen LogP contribution in [0.1, 0.15) is 15.9 Å². The molecule has 0 saturated carbocycles. The molecule has 0 unspecified atom stereocenters. The van der Waals surface area contributed by atoms with E-state index in [0.717, 1.165) is 11.3 Å². The van der Waals surface area contributed by atoms with Crippen LogP contribution in [0.5, 0.6) is 0 Å². The number of rotatable bonds is 4. The molecule has 1 saturated heterocycles. The van der Waals surface area contributed by atoms with Gasteiger partial charge in [-0.05, 0) is 43.3 Å². The number of aryl methyl sites for hydroxylation is 1. The van der Waals surface area contributed by atoms with E-state index in [0.29, 0.717) is 31.1 Å². The quantitative estimate of drug-likeness (QED) is 0.904. The van der Waals surface area contributed by atoms with E-state index in [1.807, 2.05) is 6.92 Å². The molecule has 1 heterocycles. The molecule has 1 aliphatic heterocycles. The van der Waals surface area contributed by atoms with Gasteiger partial charge in [0.15, 0.2) is 0 Å². The second-order valence-electron chi connectivity index (χ2n) is 6.06.